The molecule has 0 heterocycles. The highest BCUT2D eigenvalue weighted by molar-refractivity contribution is 5.64. The molecule has 3 N–H and O–H groups in total. The van der Waals surface area contributed by atoms with Crippen LogP contribution in [0.25, 0.3) is 0 Å². The van der Waals surface area contributed by atoms with E-state index in [4.69, 9.17) is 11.0 Å². The van der Waals surface area contributed by atoms with E-state index in [1.807, 2.05) is 6.07 Å². The van der Waals surface area contributed by atoms with E-state index in [1.54, 1.807) is 30.3 Å². The van der Waals surface area contributed by atoms with Crippen LogP contribution in [-0.2, 0) is 0 Å². The second-order valence-corrected chi connectivity index (χ2v) is 3.59. The fraction of sp³-hybridized carbons (Fsp3) is 0. The molecule has 0 radical (unpaired) electrons. The second kappa shape index (κ2) is 4.54. The van der Waals surface area contributed by atoms with Crippen LogP contribution in [0, 0.1) is 17.1 Å². The van der Waals surface area contributed by atoms with E-state index in [0.29, 0.717) is 16.9 Å². The van der Waals surface area contributed by atoms with E-state index < -0.39 is 0 Å². The summed E-state index contributed by atoms with van der Waals surface area (Å²) in [6.45, 7) is 0. The number of halogens is 1. The molecular weight excluding hydrogens is 217 g/mol. The first-order valence-corrected chi connectivity index (χ1v) is 5.00. The zero-order valence-electron chi connectivity index (χ0n) is 8.94. The van der Waals surface area contributed by atoms with Gasteiger partial charge in [0.1, 0.15) is 5.82 Å². The smallest absolute Gasteiger partial charge is 0.127 e. The molecule has 0 aromatic heterocycles. The molecule has 0 aliphatic carbocycles. The summed E-state index contributed by atoms with van der Waals surface area (Å²) in [5.74, 6) is -0.388. The van der Waals surface area contributed by atoms with Crippen LogP contribution in [0.2, 0.25) is 0 Å². The van der Waals surface area contributed by atoms with Gasteiger partial charge in [-0.2, -0.15) is 5.26 Å². The van der Waals surface area contributed by atoms with Gasteiger partial charge in [0, 0.05) is 17.1 Å². The molecule has 4 heteroatoms. The van der Waals surface area contributed by atoms with Gasteiger partial charge in [-0.15, -0.1) is 0 Å². The molecule has 0 saturated carbocycles. The van der Waals surface area contributed by atoms with Crippen LogP contribution in [0.15, 0.2) is 42.5 Å². The van der Waals surface area contributed by atoms with Gasteiger partial charge < -0.3 is 11.1 Å². The molecule has 0 amide bonds. The van der Waals surface area contributed by atoms with Crippen molar-refractivity contribution in [2.24, 2.45) is 0 Å². The number of hydrogen-bond acceptors (Lipinski definition) is 3. The maximum absolute atomic E-state index is 13.1. The first-order chi connectivity index (χ1) is 8.17. The summed E-state index contributed by atoms with van der Waals surface area (Å²) in [6.07, 6.45) is 0. The minimum atomic E-state index is -0.388. The molecule has 3 nitrogen and oxygen atoms in total. The van der Waals surface area contributed by atoms with Gasteiger partial charge >= 0.3 is 0 Å². The fourth-order valence-corrected chi connectivity index (χ4v) is 1.48. The molecule has 2 rings (SSSR count). The molecule has 2 aromatic rings. The average molecular weight is 227 g/mol. The highest BCUT2D eigenvalue weighted by atomic mass is 19.1. The van der Waals surface area contributed by atoms with Crippen LogP contribution in [-0.4, -0.2) is 0 Å². The Morgan fingerprint density at radius 3 is 2.35 bits per heavy atom. The van der Waals surface area contributed by atoms with Gasteiger partial charge in [-0.1, -0.05) is 0 Å². The highest BCUT2D eigenvalue weighted by Gasteiger charge is 1.99. The minimum absolute atomic E-state index is 0.362. The molecular formula is C13H10FN3. The maximum Gasteiger partial charge on any atom is 0.127 e. The van der Waals surface area contributed by atoms with Crippen molar-refractivity contribution >= 4 is 17.1 Å². The Balaban J connectivity index is 2.22. The van der Waals surface area contributed by atoms with E-state index in [1.165, 1.54) is 12.1 Å². The van der Waals surface area contributed by atoms with Crippen molar-refractivity contribution in [3.05, 3.63) is 53.8 Å². The van der Waals surface area contributed by atoms with Gasteiger partial charge in [-0.25, -0.2) is 4.39 Å². The zero-order valence-corrected chi connectivity index (χ0v) is 8.94. The number of benzene rings is 2. The van der Waals surface area contributed by atoms with Crippen molar-refractivity contribution in [3.63, 3.8) is 0 Å². The molecule has 0 saturated heterocycles. The number of anilines is 3. The van der Waals surface area contributed by atoms with E-state index in [-0.39, 0.29) is 5.82 Å². The molecule has 0 fully saturated rings. The van der Waals surface area contributed by atoms with E-state index in [0.717, 1.165) is 5.69 Å². The summed E-state index contributed by atoms with van der Waals surface area (Å²) in [7, 11) is 0. The van der Waals surface area contributed by atoms with Gasteiger partial charge in [0.05, 0.1) is 11.6 Å². The molecule has 0 spiro atoms. The zero-order chi connectivity index (χ0) is 12.3. The molecule has 0 atom stereocenters. The lowest BCUT2D eigenvalue weighted by atomic mass is 10.2. The molecule has 0 unspecified atom stereocenters. The summed E-state index contributed by atoms with van der Waals surface area (Å²) in [4.78, 5) is 0. The standard InChI is InChI=1S/C13H10FN3/c14-10-5-11(16)7-13(6-10)17-12-3-1-9(8-15)2-4-12/h1-7,17H,16H2. The molecule has 0 bridgehead atoms. The third-order valence-corrected chi connectivity index (χ3v) is 2.22. The molecule has 0 aliphatic heterocycles. The summed E-state index contributed by atoms with van der Waals surface area (Å²) < 4.78 is 13.1. The van der Waals surface area contributed by atoms with Crippen LogP contribution in [0.1, 0.15) is 5.56 Å². The number of nitrogen functional groups attached to an aromatic ring is 1. The van der Waals surface area contributed by atoms with Crippen molar-refractivity contribution in [2.75, 3.05) is 11.1 Å². The lowest BCUT2D eigenvalue weighted by Crippen LogP contribution is -1.94. The third-order valence-electron chi connectivity index (χ3n) is 2.22. The Bertz CT molecular complexity index is 550. The molecule has 84 valence electrons. The topological polar surface area (TPSA) is 61.8 Å². The lowest BCUT2D eigenvalue weighted by molar-refractivity contribution is 0.629. The van der Waals surface area contributed by atoms with Crippen molar-refractivity contribution in [3.8, 4) is 6.07 Å². The van der Waals surface area contributed by atoms with E-state index in [9.17, 15) is 4.39 Å². The van der Waals surface area contributed by atoms with Crippen molar-refractivity contribution in [1.82, 2.24) is 0 Å². The molecule has 0 aliphatic rings. The van der Waals surface area contributed by atoms with Gasteiger partial charge in [0.2, 0.25) is 0 Å². The molecule has 17 heavy (non-hydrogen) atoms. The van der Waals surface area contributed by atoms with Crippen molar-refractivity contribution < 1.29 is 4.39 Å². The van der Waals surface area contributed by atoms with Crippen LogP contribution < -0.4 is 11.1 Å². The van der Waals surface area contributed by atoms with Crippen molar-refractivity contribution in [1.29, 1.82) is 5.26 Å². The number of nitriles is 1. The predicted octanol–water partition coefficient (Wildman–Crippen LogP) is 3.02. The van der Waals surface area contributed by atoms with Gasteiger partial charge in [0.15, 0.2) is 0 Å². The van der Waals surface area contributed by atoms with Crippen LogP contribution in [0.5, 0.6) is 0 Å². The Morgan fingerprint density at radius 2 is 1.76 bits per heavy atom. The minimum Gasteiger partial charge on any atom is -0.399 e. The number of nitrogens with two attached hydrogens (primary N) is 1. The number of nitrogens with zero attached hydrogens (tertiary/aromatic N) is 1. The SMILES string of the molecule is N#Cc1ccc(Nc2cc(N)cc(F)c2)cc1. The summed E-state index contributed by atoms with van der Waals surface area (Å²) in [5, 5.41) is 11.7. The second-order valence-electron chi connectivity index (χ2n) is 3.59. The first kappa shape index (κ1) is 11.0. The summed E-state index contributed by atoms with van der Waals surface area (Å²) in [5.41, 5.74) is 7.82. The molecule has 2 aromatic carbocycles. The van der Waals surface area contributed by atoms with Crippen LogP contribution in [0.3, 0.4) is 0 Å². The summed E-state index contributed by atoms with van der Waals surface area (Å²) in [6, 6.07) is 13.1. The van der Waals surface area contributed by atoms with Crippen LogP contribution >= 0.6 is 0 Å². The number of hydrogen-bond donors (Lipinski definition) is 2. The number of rotatable bonds is 2. The Morgan fingerprint density at radius 1 is 1.06 bits per heavy atom. The lowest BCUT2D eigenvalue weighted by Gasteiger charge is -2.07. The fourth-order valence-electron chi connectivity index (χ4n) is 1.48. The van der Waals surface area contributed by atoms with Gasteiger partial charge in [0.25, 0.3) is 0 Å². The van der Waals surface area contributed by atoms with E-state index >= 15 is 0 Å². The first-order valence-electron chi connectivity index (χ1n) is 5.00. The Hall–Kier alpha value is -2.54. The third kappa shape index (κ3) is 2.73. The highest BCUT2D eigenvalue weighted by Crippen LogP contribution is 2.20. The Labute approximate surface area is 98.3 Å². The Kier molecular flexibility index (Phi) is 2.93. The summed E-state index contributed by atoms with van der Waals surface area (Å²) >= 11 is 0. The van der Waals surface area contributed by atoms with Crippen LogP contribution in [0.4, 0.5) is 21.5 Å². The predicted molar refractivity (Wildman–Crippen MR) is 65.3 cm³/mol. The maximum atomic E-state index is 13.1. The van der Waals surface area contributed by atoms with Gasteiger partial charge in [-0.3, -0.25) is 0 Å². The normalized spacial score (nSPS) is 9.65. The quantitative estimate of drug-likeness (QED) is 0.775. The van der Waals surface area contributed by atoms with Crippen molar-refractivity contribution in [2.45, 2.75) is 0 Å². The largest absolute Gasteiger partial charge is 0.399 e. The average Bonchev–Trinajstić information content (AvgIpc) is 2.28. The number of nitrogens with one attached hydrogen (secondary N) is 1. The monoisotopic (exact) mass is 227 g/mol. The van der Waals surface area contributed by atoms with Gasteiger partial charge in [-0.05, 0) is 42.5 Å². The van der Waals surface area contributed by atoms with E-state index in [2.05, 4.69) is 5.32 Å².